The minimum atomic E-state index is -0.788. The van der Waals surface area contributed by atoms with Crippen molar-refractivity contribution in [2.24, 2.45) is 0 Å². The van der Waals surface area contributed by atoms with Crippen molar-refractivity contribution in [1.29, 1.82) is 0 Å². The Hall–Kier alpha value is -2.12. The molecule has 0 bridgehead atoms. The first-order valence-corrected chi connectivity index (χ1v) is 7.39. The molecule has 22 heavy (non-hydrogen) atoms. The Morgan fingerprint density at radius 2 is 2.00 bits per heavy atom. The van der Waals surface area contributed by atoms with E-state index in [0.717, 1.165) is 0 Å². The van der Waals surface area contributed by atoms with E-state index in [9.17, 15) is 15.2 Å². The fourth-order valence-electron chi connectivity index (χ4n) is 1.80. The van der Waals surface area contributed by atoms with Gasteiger partial charge in [0.1, 0.15) is 24.1 Å². The summed E-state index contributed by atoms with van der Waals surface area (Å²) in [4.78, 5) is 10.5. The van der Waals surface area contributed by atoms with Crippen LogP contribution in [-0.4, -0.2) is 29.3 Å². The maximum Gasteiger partial charge on any atom is 0.293 e. The third-order valence-corrected chi connectivity index (χ3v) is 3.36. The molecule has 2 aromatic carbocycles. The SMILES string of the molecule is O=[N+]([O-])c1cc(Br)ccc1NCC(O)COc1ccccc1. The van der Waals surface area contributed by atoms with Crippen LogP contribution >= 0.6 is 15.9 Å². The van der Waals surface area contributed by atoms with Crippen LogP contribution in [0.3, 0.4) is 0 Å². The summed E-state index contributed by atoms with van der Waals surface area (Å²) in [6.07, 6.45) is -0.788. The average molecular weight is 367 g/mol. The van der Waals surface area contributed by atoms with Gasteiger partial charge in [0.15, 0.2) is 0 Å². The van der Waals surface area contributed by atoms with Gasteiger partial charge in [-0.2, -0.15) is 0 Å². The Morgan fingerprint density at radius 1 is 1.27 bits per heavy atom. The van der Waals surface area contributed by atoms with Crippen molar-refractivity contribution < 1.29 is 14.8 Å². The molecule has 0 fully saturated rings. The molecule has 7 heteroatoms. The van der Waals surface area contributed by atoms with E-state index in [4.69, 9.17) is 4.74 Å². The number of nitro groups is 1. The first-order chi connectivity index (χ1) is 10.6. The van der Waals surface area contributed by atoms with E-state index < -0.39 is 11.0 Å². The number of ether oxygens (including phenoxy) is 1. The molecule has 0 saturated heterocycles. The van der Waals surface area contributed by atoms with Crippen LogP contribution in [-0.2, 0) is 0 Å². The lowest BCUT2D eigenvalue weighted by Gasteiger charge is -2.14. The van der Waals surface area contributed by atoms with Crippen molar-refractivity contribution in [2.75, 3.05) is 18.5 Å². The van der Waals surface area contributed by atoms with E-state index >= 15 is 0 Å². The Balaban J connectivity index is 1.88. The third-order valence-electron chi connectivity index (χ3n) is 2.87. The number of nitrogens with one attached hydrogen (secondary N) is 1. The predicted octanol–water partition coefficient (Wildman–Crippen LogP) is 3.21. The molecule has 0 radical (unpaired) electrons. The summed E-state index contributed by atoms with van der Waals surface area (Å²) in [6, 6.07) is 13.8. The van der Waals surface area contributed by atoms with Crippen LogP contribution in [0.5, 0.6) is 5.75 Å². The molecule has 0 saturated carbocycles. The highest BCUT2D eigenvalue weighted by Gasteiger charge is 2.15. The molecule has 0 heterocycles. The summed E-state index contributed by atoms with van der Waals surface area (Å²) < 4.78 is 6.04. The Kier molecular flexibility index (Phi) is 5.74. The fourth-order valence-corrected chi connectivity index (χ4v) is 2.15. The van der Waals surface area contributed by atoms with Crippen molar-refractivity contribution >= 4 is 27.3 Å². The second kappa shape index (κ2) is 7.77. The maximum absolute atomic E-state index is 11.0. The Bertz CT molecular complexity index is 637. The monoisotopic (exact) mass is 366 g/mol. The van der Waals surface area contributed by atoms with Gasteiger partial charge in [0, 0.05) is 17.1 Å². The molecule has 0 aliphatic heterocycles. The van der Waals surface area contributed by atoms with E-state index in [2.05, 4.69) is 21.2 Å². The lowest BCUT2D eigenvalue weighted by atomic mass is 10.2. The maximum atomic E-state index is 11.0. The van der Waals surface area contributed by atoms with Crippen LogP contribution in [0, 0.1) is 10.1 Å². The van der Waals surface area contributed by atoms with E-state index in [-0.39, 0.29) is 18.8 Å². The highest BCUT2D eigenvalue weighted by Crippen LogP contribution is 2.27. The zero-order chi connectivity index (χ0) is 15.9. The molecular weight excluding hydrogens is 352 g/mol. The normalized spacial score (nSPS) is 11.7. The molecule has 2 rings (SSSR count). The zero-order valence-electron chi connectivity index (χ0n) is 11.6. The van der Waals surface area contributed by atoms with Crippen LogP contribution in [0.25, 0.3) is 0 Å². The van der Waals surface area contributed by atoms with Crippen LogP contribution < -0.4 is 10.1 Å². The molecule has 116 valence electrons. The Labute approximate surface area is 136 Å². The van der Waals surface area contributed by atoms with Gasteiger partial charge in [0.05, 0.1) is 4.92 Å². The van der Waals surface area contributed by atoms with Gasteiger partial charge in [-0.05, 0) is 24.3 Å². The molecule has 1 unspecified atom stereocenters. The van der Waals surface area contributed by atoms with Gasteiger partial charge in [-0.25, -0.2) is 0 Å². The topological polar surface area (TPSA) is 84.6 Å². The lowest BCUT2D eigenvalue weighted by molar-refractivity contribution is -0.384. The minimum Gasteiger partial charge on any atom is -0.491 e. The summed E-state index contributed by atoms with van der Waals surface area (Å²) in [7, 11) is 0. The molecule has 0 aliphatic rings. The number of aliphatic hydroxyl groups is 1. The number of para-hydroxylation sites is 1. The van der Waals surface area contributed by atoms with Gasteiger partial charge in [-0.1, -0.05) is 34.1 Å². The van der Waals surface area contributed by atoms with Crippen molar-refractivity contribution in [3.63, 3.8) is 0 Å². The summed E-state index contributed by atoms with van der Waals surface area (Å²) in [5.74, 6) is 0.663. The van der Waals surface area contributed by atoms with Crippen molar-refractivity contribution in [3.05, 3.63) is 63.1 Å². The van der Waals surface area contributed by atoms with Crippen molar-refractivity contribution in [3.8, 4) is 5.75 Å². The van der Waals surface area contributed by atoms with Crippen LogP contribution in [0.1, 0.15) is 0 Å². The predicted molar refractivity (Wildman–Crippen MR) is 87.2 cm³/mol. The average Bonchev–Trinajstić information content (AvgIpc) is 2.52. The summed E-state index contributed by atoms with van der Waals surface area (Å²) in [6.45, 7) is 0.247. The lowest BCUT2D eigenvalue weighted by Crippen LogP contribution is -2.26. The third kappa shape index (κ3) is 4.71. The molecule has 2 N–H and O–H groups in total. The summed E-state index contributed by atoms with van der Waals surface area (Å²) in [5.41, 5.74) is 0.303. The smallest absolute Gasteiger partial charge is 0.293 e. The summed E-state index contributed by atoms with van der Waals surface area (Å²) in [5, 5.41) is 23.7. The molecule has 0 amide bonds. The van der Waals surface area contributed by atoms with Crippen LogP contribution in [0.4, 0.5) is 11.4 Å². The molecule has 1 atom stereocenters. The minimum absolute atomic E-state index is 0.0504. The van der Waals surface area contributed by atoms with Gasteiger partial charge in [-0.15, -0.1) is 0 Å². The number of hydrogen-bond acceptors (Lipinski definition) is 5. The molecular formula is C15H15BrN2O4. The van der Waals surface area contributed by atoms with Crippen molar-refractivity contribution in [2.45, 2.75) is 6.10 Å². The molecule has 0 aliphatic carbocycles. The number of anilines is 1. The molecule has 2 aromatic rings. The van der Waals surface area contributed by atoms with Gasteiger partial charge in [0.25, 0.3) is 5.69 Å². The van der Waals surface area contributed by atoms with Crippen LogP contribution in [0.15, 0.2) is 53.0 Å². The first kappa shape index (κ1) is 16.3. The van der Waals surface area contributed by atoms with Crippen molar-refractivity contribution in [1.82, 2.24) is 0 Å². The second-order valence-corrected chi connectivity index (χ2v) is 5.49. The molecule has 0 spiro atoms. The molecule has 0 aromatic heterocycles. The van der Waals surface area contributed by atoms with Crippen LogP contribution in [0.2, 0.25) is 0 Å². The van der Waals surface area contributed by atoms with Gasteiger partial charge >= 0.3 is 0 Å². The highest BCUT2D eigenvalue weighted by atomic mass is 79.9. The van der Waals surface area contributed by atoms with E-state index in [1.165, 1.54) is 6.07 Å². The van der Waals surface area contributed by atoms with Gasteiger partial charge < -0.3 is 15.2 Å². The zero-order valence-corrected chi connectivity index (χ0v) is 13.2. The number of halogens is 1. The van der Waals surface area contributed by atoms with Gasteiger partial charge in [-0.3, -0.25) is 10.1 Å². The Morgan fingerprint density at radius 3 is 2.68 bits per heavy atom. The first-order valence-electron chi connectivity index (χ1n) is 6.60. The van der Waals surface area contributed by atoms with Gasteiger partial charge in [0.2, 0.25) is 0 Å². The number of aliphatic hydroxyl groups excluding tert-OH is 1. The standard InChI is InChI=1S/C15H15BrN2O4/c16-11-6-7-14(15(8-11)18(20)21)17-9-12(19)10-22-13-4-2-1-3-5-13/h1-8,12,17,19H,9-10H2. The number of benzene rings is 2. The van der Waals surface area contributed by atoms with E-state index in [1.54, 1.807) is 24.3 Å². The molecule has 6 nitrogen and oxygen atoms in total. The van der Waals surface area contributed by atoms with E-state index in [0.29, 0.717) is 15.9 Å². The quantitative estimate of drug-likeness (QED) is 0.580. The second-order valence-electron chi connectivity index (χ2n) is 4.58. The fraction of sp³-hybridized carbons (Fsp3) is 0.200. The number of nitrogens with zero attached hydrogens (tertiary/aromatic N) is 1. The largest absolute Gasteiger partial charge is 0.491 e. The number of rotatable bonds is 7. The number of nitro benzene ring substituents is 1. The van der Waals surface area contributed by atoms with E-state index in [1.807, 2.05) is 18.2 Å². The highest BCUT2D eigenvalue weighted by molar-refractivity contribution is 9.10. The summed E-state index contributed by atoms with van der Waals surface area (Å²) >= 11 is 3.19. The number of hydrogen-bond donors (Lipinski definition) is 2.